The third kappa shape index (κ3) is 3.56. The number of carbonyl (C=O) groups excluding carboxylic acids is 2. The zero-order valence-corrected chi connectivity index (χ0v) is 12.5. The molecule has 3 heteroatoms. The SMILES string of the molecule is CCC(=O)C(C)N1CCC(C(C)(C)C)CCC1=O. The Balaban J connectivity index is 2.74. The molecule has 1 aliphatic heterocycles. The summed E-state index contributed by atoms with van der Waals surface area (Å²) in [6, 6.07) is -0.249. The van der Waals surface area contributed by atoms with Gasteiger partial charge in [-0.05, 0) is 31.1 Å². The molecule has 2 unspecified atom stereocenters. The van der Waals surface area contributed by atoms with Gasteiger partial charge in [0.15, 0.2) is 5.78 Å². The third-order valence-electron chi connectivity index (χ3n) is 4.25. The van der Waals surface area contributed by atoms with Crippen molar-refractivity contribution in [3.8, 4) is 0 Å². The van der Waals surface area contributed by atoms with Crippen molar-refractivity contribution in [1.29, 1.82) is 0 Å². The summed E-state index contributed by atoms with van der Waals surface area (Å²) in [5.74, 6) is 0.879. The van der Waals surface area contributed by atoms with E-state index in [1.807, 2.05) is 13.8 Å². The maximum atomic E-state index is 12.1. The molecule has 0 aliphatic carbocycles. The molecule has 1 saturated heterocycles. The molecule has 0 N–H and O–H groups in total. The Hall–Kier alpha value is -0.860. The van der Waals surface area contributed by atoms with E-state index in [4.69, 9.17) is 0 Å². The van der Waals surface area contributed by atoms with E-state index in [-0.39, 0.29) is 23.1 Å². The zero-order valence-electron chi connectivity index (χ0n) is 12.5. The van der Waals surface area contributed by atoms with Crippen LogP contribution in [0.4, 0.5) is 0 Å². The first-order chi connectivity index (χ1) is 8.27. The lowest BCUT2D eigenvalue weighted by atomic mass is 9.77. The van der Waals surface area contributed by atoms with Crippen molar-refractivity contribution in [1.82, 2.24) is 4.90 Å². The second-order valence-corrected chi connectivity index (χ2v) is 6.47. The molecular weight excluding hydrogens is 226 g/mol. The molecule has 3 nitrogen and oxygen atoms in total. The number of rotatable bonds is 3. The minimum Gasteiger partial charge on any atom is -0.333 e. The fourth-order valence-corrected chi connectivity index (χ4v) is 2.75. The summed E-state index contributed by atoms with van der Waals surface area (Å²) < 4.78 is 0. The average molecular weight is 253 g/mol. The maximum Gasteiger partial charge on any atom is 0.223 e. The van der Waals surface area contributed by atoms with E-state index >= 15 is 0 Å². The summed E-state index contributed by atoms with van der Waals surface area (Å²) in [5, 5.41) is 0. The van der Waals surface area contributed by atoms with E-state index < -0.39 is 0 Å². The minimum atomic E-state index is -0.249. The van der Waals surface area contributed by atoms with Gasteiger partial charge in [0.1, 0.15) is 0 Å². The highest BCUT2D eigenvalue weighted by molar-refractivity contribution is 5.88. The van der Waals surface area contributed by atoms with Crippen molar-refractivity contribution >= 4 is 11.7 Å². The molecule has 0 aromatic heterocycles. The van der Waals surface area contributed by atoms with Crippen molar-refractivity contribution in [3.63, 3.8) is 0 Å². The highest BCUT2D eigenvalue weighted by Crippen LogP contribution is 2.34. The summed E-state index contributed by atoms with van der Waals surface area (Å²) in [4.78, 5) is 25.7. The van der Waals surface area contributed by atoms with Crippen LogP contribution < -0.4 is 0 Å². The molecule has 2 atom stereocenters. The Kier molecular flexibility index (Phi) is 4.94. The Labute approximate surface area is 111 Å². The van der Waals surface area contributed by atoms with Crippen molar-refractivity contribution in [2.24, 2.45) is 11.3 Å². The maximum absolute atomic E-state index is 12.1. The molecule has 1 fully saturated rings. The van der Waals surface area contributed by atoms with Gasteiger partial charge in [0, 0.05) is 19.4 Å². The molecule has 1 heterocycles. The Morgan fingerprint density at radius 1 is 1.39 bits per heavy atom. The van der Waals surface area contributed by atoms with Gasteiger partial charge in [-0.3, -0.25) is 9.59 Å². The van der Waals surface area contributed by atoms with Gasteiger partial charge in [-0.15, -0.1) is 0 Å². The van der Waals surface area contributed by atoms with Crippen molar-refractivity contribution in [3.05, 3.63) is 0 Å². The predicted molar refractivity (Wildman–Crippen MR) is 73.3 cm³/mol. The molecule has 0 aromatic rings. The minimum absolute atomic E-state index is 0.149. The van der Waals surface area contributed by atoms with Gasteiger partial charge in [0.25, 0.3) is 0 Å². The van der Waals surface area contributed by atoms with Gasteiger partial charge in [-0.25, -0.2) is 0 Å². The second-order valence-electron chi connectivity index (χ2n) is 6.47. The smallest absolute Gasteiger partial charge is 0.223 e. The summed E-state index contributed by atoms with van der Waals surface area (Å²) in [6.45, 7) is 11.2. The first kappa shape index (κ1) is 15.2. The quantitative estimate of drug-likeness (QED) is 0.775. The molecule has 0 bridgehead atoms. The molecule has 0 spiro atoms. The molecule has 0 radical (unpaired) electrons. The number of carbonyl (C=O) groups is 2. The van der Waals surface area contributed by atoms with E-state index in [9.17, 15) is 9.59 Å². The summed E-state index contributed by atoms with van der Waals surface area (Å²) in [7, 11) is 0. The lowest BCUT2D eigenvalue weighted by molar-refractivity contribution is -0.138. The summed E-state index contributed by atoms with van der Waals surface area (Å²) in [5.41, 5.74) is 0.244. The third-order valence-corrected chi connectivity index (χ3v) is 4.25. The van der Waals surface area contributed by atoms with E-state index in [0.29, 0.717) is 18.8 Å². The van der Waals surface area contributed by atoms with E-state index in [1.54, 1.807) is 4.90 Å². The van der Waals surface area contributed by atoms with Gasteiger partial charge >= 0.3 is 0 Å². The van der Waals surface area contributed by atoms with Crippen LogP contribution in [0.15, 0.2) is 0 Å². The first-order valence-electron chi connectivity index (χ1n) is 7.09. The molecule has 1 aliphatic rings. The van der Waals surface area contributed by atoms with Crippen LogP contribution in [0.5, 0.6) is 0 Å². The molecule has 1 amide bonds. The second kappa shape index (κ2) is 5.85. The number of likely N-dealkylation sites (tertiary alicyclic amines) is 1. The number of amides is 1. The highest BCUT2D eigenvalue weighted by atomic mass is 16.2. The normalized spacial score (nSPS) is 23.7. The number of hydrogen-bond acceptors (Lipinski definition) is 2. The zero-order chi connectivity index (χ0) is 13.9. The van der Waals surface area contributed by atoms with Crippen molar-refractivity contribution < 1.29 is 9.59 Å². The Morgan fingerprint density at radius 2 is 2.00 bits per heavy atom. The summed E-state index contributed by atoms with van der Waals surface area (Å²) in [6.07, 6.45) is 3.05. The van der Waals surface area contributed by atoms with Gasteiger partial charge in [-0.2, -0.15) is 0 Å². The summed E-state index contributed by atoms with van der Waals surface area (Å²) >= 11 is 0. The fourth-order valence-electron chi connectivity index (χ4n) is 2.75. The molecule has 0 saturated carbocycles. The van der Waals surface area contributed by atoms with Gasteiger partial charge in [0.2, 0.25) is 5.91 Å². The van der Waals surface area contributed by atoms with Crippen LogP contribution in [-0.2, 0) is 9.59 Å². The lowest BCUT2D eigenvalue weighted by Crippen LogP contribution is -2.42. The lowest BCUT2D eigenvalue weighted by Gasteiger charge is -2.30. The first-order valence-corrected chi connectivity index (χ1v) is 7.09. The van der Waals surface area contributed by atoms with Crippen LogP contribution in [0.3, 0.4) is 0 Å². The van der Waals surface area contributed by atoms with Crippen LogP contribution >= 0.6 is 0 Å². The highest BCUT2D eigenvalue weighted by Gasteiger charge is 2.32. The fraction of sp³-hybridized carbons (Fsp3) is 0.867. The molecule has 104 valence electrons. The molecule has 0 aromatic carbocycles. The van der Waals surface area contributed by atoms with Crippen LogP contribution in [0.2, 0.25) is 0 Å². The van der Waals surface area contributed by atoms with E-state index in [2.05, 4.69) is 20.8 Å². The van der Waals surface area contributed by atoms with Gasteiger partial charge in [0.05, 0.1) is 6.04 Å². The van der Waals surface area contributed by atoms with Crippen LogP contribution in [-0.4, -0.2) is 29.2 Å². The molecule has 18 heavy (non-hydrogen) atoms. The van der Waals surface area contributed by atoms with Crippen LogP contribution in [0, 0.1) is 11.3 Å². The standard InChI is InChI=1S/C15H27NO2/c1-6-13(17)11(2)16-10-9-12(15(3,4)5)7-8-14(16)18/h11-12H,6-10H2,1-5H3. The van der Waals surface area contributed by atoms with Gasteiger partial charge < -0.3 is 4.90 Å². The van der Waals surface area contributed by atoms with E-state index in [1.165, 1.54) is 0 Å². The molecular formula is C15H27NO2. The average Bonchev–Trinajstić information content (AvgIpc) is 2.48. The van der Waals surface area contributed by atoms with Crippen molar-refractivity contribution in [2.75, 3.05) is 6.54 Å². The predicted octanol–water partition coefficient (Wildman–Crippen LogP) is 3.03. The number of Topliss-reactive ketones (excluding diaryl/α,β-unsaturated/α-hetero) is 1. The van der Waals surface area contributed by atoms with Crippen LogP contribution in [0.25, 0.3) is 0 Å². The Bertz CT molecular complexity index is 317. The number of ketones is 1. The van der Waals surface area contributed by atoms with Crippen molar-refractivity contribution in [2.45, 2.75) is 66.3 Å². The van der Waals surface area contributed by atoms with E-state index in [0.717, 1.165) is 19.4 Å². The molecule has 1 rings (SSSR count). The topological polar surface area (TPSA) is 37.4 Å². The van der Waals surface area contributed by atoms with Crippen LogP contribution in [0.1, 0.15) is 60.3 Å². The number of nitrogens with zero attached hydrogens (tertiary/aromatic N) is 1. The Morgan fingerprint density at radius 3 is 2.50 bits per heavy atom. The largest absolute Gasteiger partial charge is 0.333 e. The monoisotopic (exact) mass is 253 g/mol. The van der Waals surface area contributed by atoms with Gasteiger partial charge in [-0.1, -0.05) is 27.7 Å². The number of hydrogen-bond donors (Lipinski definition) is 0.